The van der Waals surface area contributed by atoms with E-state index in [1.807, 2.05) is 0 Å². The lowest BCUT2D eigenvalue weighted by Gasteiger charge is -2.02. The van der Waals surface area contributed by atoms with Crippen LogP contribution in [-0.2, 0) is 4.79 Å². The van der Waals surface area contributed by atoms with E-state index in [0.29, 0.717) is 12.2 Å². The van der Waals surface area contributed by atoms with Crippen LogP contribution in [0.1, 0.15) is 26.2 Å². The lowest BCUT2D eigenvalue weighted by Crippen LogP contribution is -2.20. The zero-order valence-electron chi connectivity index (χ0n) is 5.76. The number of hydrogen-bond acceptors (Lipinski definition) is 1. The molecule has 0 amide bonds. The fraction of sp³-hybridized carbons (Fsp3) is 0.857. The van der Waals surface area contributed by atoms with E-state index in [1.54, 1.807) is 0 Å². The maximum absolute atomic E-state index is 10.9. The predicted octanol–water partition coefficient (Wildman–Crippen LogP) is 0.732. The van der Waals surface area contributed by atoms with Crippen molar-refractivity contribution in [1.82, 2.24) is 5.32 Å². The lowest BCUT2D eigenvalue weighted by molar-refractivity contribution is -0.118. The van der Waals surface area contributed by atoms with Crippen molar-refractivity contribution in [2.45, 2.75) is 32.2 Å². The number of hydrogen-bond donors (Lipinski definition) is 0. The van der Waals surface area contributed by atoms with Gasteiger partial charge in [0.25, 0.3) is 0 Å². The Morgan fingerprint density at radius 2 is 2.56 bits per heavy atom. The average molecular weight is 126 g/mol. The predicted molar refractivity (Wildman–Crippen MR) is 35.3 cm³/mol. The summed E-state index contributed by atoms with van der Waals surface area (Å²) < 4.78 is 0. The van der Waals surface area contributed by atoms with Gasteiger partial charge >= 0.3 is 0 Å². The van der Waals surface area contributed by atoms with Crippen molar-refractivity contribution in [1.29, 1.82) is 0 Å². The van der Waals surface area contributed by atoms with Crippen molar-refractivity contribution >= 4 is 5.78 Å². The second-order valence-corrected chi connectivity index (χ2v) is 2.43. The van der Waals surface area contributed by atoms with Crippen molar-refractivity contribution in [2.75, 3.05) is 6.54 Å². The van der Waals surface area contributed by atoms with Gasteiger partial charge in [-0.3, -0.25) is 4.79 Å². The molecule has 0 bridgehead atoms. The quantitative estimate of drug-likeness (QED) is 0.536. The number of carbonyl (C=O) groups excluding carboxylic acids is 1. The molecule has 0 spiro atoms. The summed E-state index contributed by atoms with van der Waals surface area (Å²) in [5, 5.41) is 4.16. The summed E-state index contributed by atoms with van der Waals surface area (Å²) in [6.45, 7) is 2.85. The highest BCUT2D eigenvalue weighted by Crippen LogP contribution is 2.07. The Labute approximate surface area is 55.6 Å². The van der Waals surface area contributed by atoms with E-state index in [4.69, 9.17) is 0 Å². The van der Waals surface area contributed by atoms with Crippen molar-refractivity contribution in [3.63, 3.8) is 0 Å². The number of nitrogens with zero attached hydrogens (tertiary/aromatic N) is 1. The van der Waals surface area contributed by atoms with Gasteiger partial charge in [-0.05, 0) is 6.42 Å². The number of carbonyl (C=O) groups is 1. The summed E-state index contributed by atoms with van der Waals surface area (Å²) in [6, 6.07) is 0.0648. The van der Waals surface area contributed by atoms with Crippen LogP contribution >= 0.6 is 0 Å². The fourth-order valence-electron chi connectivity index (χ4n) is 1.12. The first-order valence-corrected chi connectivity index (χ1v) is 3.54. The number of rotatable bonds is 2. The molecule has 0 N–H and O–H groups in total. The summed E-state index contributed by atoms with van der Waals surface area (Å²) in [5.41, 5.74) is 0. The molecule has 0 aliphatic carbocycles. The average Bonchev–Trinajstić information content (AvgIpc) is 2.18. The lowest BCUT2D eigenvalue weighted by atomic mass is 10.1. The first-order chi connectivity index (χ1) is 4.34. The summed E-state index contributed by atoms with van der Waals surface area (Å²) in [7, 11) is 0. The molecule has 2 nitrogen and oxygen atoms in total. The van der Waals surface area contributed by atoms with Gasteiger partial charge < -0.3 is 0 Å². The second kappa shape index (κ2) is 2.97. The molecule has 2 heteroatoms. The maximum atomic E-state index is 10.9. The van der Waals surface area contributed by atoms with Gasteiger partial charge in [-0.1, -0.05) is 13.3 Å². The van der Waals surface area contributed by atoms with Gasteiger partial charge in [-0.2, -0.15) is 0 Å². The summed E-state index contributed by atoms with van der Waals surface area (Å²) >= 11 is 0. The Bertz CT molecular complexity index is 111. The normalized spacial score (nSPS) is 27.2. The van der Waals surface area contributed by atoms with Crippen LogP contribution in [-0.4, -0.2) is 18.4 Å². The van der Waals surface area contributed by atoms with Crippen molar-refractivity contribution in [2.24, 2.45) is 0 Å². The van der Waals surface area contributed by atoms with Crippen LogP contribution in [0.25, 0.3) is 0 Å². The van der Waals surface area contributed by atoms with Crippen LogP contribution in [0, 0.1) is 0 Å². The van der Waals surface area contributed by atoms with Gasteiger partial charge in [0.05, 0.1) is 6.04 Å². The van der Waals surface area contributed by atoms with E-state index < -0.39 is 0 Å². The van der Waals surface area contributed by atoms with Crippen LogP contribution in [0.2, 0.25) is 0 Å². The molecular weight excluding hydrogens is 114 g/mol. The Morgan fingerprint density at radius 1 is 1.78 bits per heavy atom. The monoisotopic (exact) mass is 126 g/mol. The van der Waals surface area contributed by atoms with Gasteiger partial charge in [0.2, 0.25) is 0 Å². The van der Waals surface area contributed by atoms with Crippen molar-refractivity contribution in [3.05, 3.63) is 0 Å². The highest BCUT2D eigenvalue weighted by Gasteiger charge is 2.23. The van der Waals surface area contributed by atoms with Gasteiger partial charge in [-0.25, -0.2) is 5.32 Å². The standard InChI is InChI=1S/C7H12NO/c1-2-3-6-7(9)4-5-8-6/h6H,2-5H2,1H3. The van der Waals surface area contributed by atoms with Crippen molar-refractivity contribution in [3.8, 4) is 0 Å². The zero-order valence-corrected chi connectivity index (χ0v) is 5.76. The minimum Gasteiger partial charge on any atom is -0.298 e. The van der Waals surface area contributed by atoms with Crippen LogP contribution in [0.5, 0.6) is 0 Å². The summed E-state index contributed by atoms with van der Waals surface area (Å²) in [4.78, 5) is 10.9. The van der Waals surface area contributed by atoms with E-state index in [2.05, 4.69) is 12.2 Å². The maximum Gasteiger partial charge on any atom is 0.152 e. The molecule has 1 aliphatic heterocycles. The first kappa shape index (κ1) is 6.75. The number of ketones is 1. The Hall–Kier alpha value is -0.370. The zero-order chi connectivity index (χ0) is 6.69. The minimum absolute atomic E-state index is 0.0648. The second-order valence-electron chi connectivity index (χ2n) is 2.43. The molecule has 0 saturated carbocycles. The summed E-state index contributed by atoms with van der Waals surface area (Å²) in [5.74, 6) is 0.344. The van der Waals surface area contributed by atoms with Crippen LogP contribution in [0.4, 0.5) is 0 Å². The molecule has 1 fully saturated rings. The third-order valence-electron chi connectivity index (χ3n) is 1.64. The Kier molecular flexibility index (Phi) is 2.22. The highest BCUT2D eigenvalue weighted by molar-refractivity contribution is 5.85. The molecule has 51 valence electrons. The third kappa shape index (κ3) is 1.52. The summed E-state index contributed by atoms with van der Waals surface area (Å²) in [6.07, 6.45) is 2.71. The Balaban J connectivity index is 2.31. The Morgan fingerprint density at radius 3 is 3.00 bits per heavy atom. The third-order valence-corrected chi connectivity index (χ3v) is 1.64. The van der Waals surface area contributed by atoms with E-state index >= 15 is 0 Å². The van der Waals surface area contributed by atoms with Gasteiger partial charge in [0.1, 0.15) is 0 Å². The number of Topliss-reactive ketones (excluding diaryl/α,β-unsaturated/α-hetero) is 1. The minimum atomic E-state index is 0.0648. The first-order valence-electron chi connectivity index (χ1n) is 3.54. The molecule has 1 saturated heterocycles. The van der Waals surface area contributed by atoms with E-state index in [0.717, 1.165) is 19.4 Å². The SMILES string of the molecule is CCCC1[N]CCC1=O. The molecule has 9 heavy (non-hydrogen) atoms. The molecule has 0 aromatic carbocycles. The van der Waals surface area contributed by atoms with E-state index in [1.165, 1.54) is 0 Å². The molecular formula is C7H12NO. The van der Waals surface area contributed by atoms with Gasteiger partial charge in [0.15, 0.2) is 5.78 Å². The van der Waals surface area contributed by atoms with Gasteiger partial charge in [0, 0.05) is 13.0 Å². The largest absolute Gasteiger partial charge is 0.298 e. The van der Waals surface area contributed by atoms with Crippen LogP contribution < -0.4 is 5.32 Å². The molecule has 1 radical (unpaired) electrons. The van der Waals surface area contributed by atoms with E-state index in [-0.39, 0.29) is 6.04 Å². The van der Waals surface area contributed by atoms with Gasteiger partial charge in [-0.15, -0.1) is 0 Å². The van der Waals surface area contributed by atoms with E-state index in [9.17, 15) is 4.79 Å². The fourth-order valence-corrected chi connectivity index (χ4v) is 1.12. The molecule has 0 aromatic heterocycles. The smallest absolute Gasteiger partial charge is 0.152 e. The molecule has 1 aliphatic rings. The van der Waals surface area contributed by atoms with Crippen LogP contribution in [0.3, 0.4) is 0 Å². The molecule has 1 atom stereocenters. The topological polar surface area (TPSA) is 31.2 Å². The molecule has 0 aromatic rings. The highest BCUT2D eigenvalue weighted by atomic mass is 16.1. The van der Waals surface area contributed by atoms with Crippen LogP contribution in [0.15, 0.2) is 0 Å². The molecule has 1 unspecified atom stereocenters. The molecule has 1 rings (SSSR count). The van der Waals surface area contributed by atoms with Crippen molar-refractivity contribution < 1.29 is 4.79 Å². The molecule has 1 heterocycles.